The molecule has 2 aliphatic rings. The van der Waals surface area contributed by atoms with Crippen LogP contribution in [-0.2, 0) is 9.53 Å². The second kappa shape index (κ2) is 8.33. The summed E-state index contributed by atoms with van der Waals surface area (Å²) in [7, 11) is 1.78. The van der Waals surface area contributed by atoms with Gasteiger partial charge in [0.25, 0.3) is 0 Å². The van der Waals surface area contributed by atoms with Crippen molar-refractivity contribution in [2.45, 2.75) is 70.4 Å². The van der Waals surface area contributed by atoms with Crippen LogP contribution in [0.25, 0.3) is 0 Å². The van der Waals surface area contributed by atoms with E-state index in [9.17, 15) is 10.1 Å². The first-order valence-corrected chi connectivity index (χ1v) is 8.54. The van der Waals surface area contributed by atoms with E-state index in [1.54, 1.807) is 14.0 Å². The first-order valence-electron chi connectivity index (χ1n) is 8.54. The van der Waals surface area contributed by atoms with Crippen LogP contribution in [0.5, 0.6) is 0 Å². The Morgan fingerprint density at radius 2 is 1.77 bits per heavy atom. The molecule has 1 amide bonds. The van der Waals surface area contributed by atoms with Crippen LogP contribution in [0.3, 0.4) is 0 Å². The summed E-state index contributed by atoms with van der Waals surface area (Å²) in [6.45, 7) is 1.58. The van der Waals surface area contributed by atoms with E-state index >= 15 is 0 Å². The van der Waals surface area contributed by atoms with Gasteiger partial charge in [0.05, 0.1) is 12.2 Å². The fourth-order valence-electron chi connectivity index (χ4n) is 3.85. The summed E-state index contributed by atoms with van der Waals surface area (Å²) >= 11 is 0. The Morgan fingerprint density at radius 1 is 1.14 bits per heavy atom. The molecule has 0 aromatic rings. The number of nitrogens with one attached hydrogen (secondary N) is 1. The zero-order chi connectivity index (χ0) is 15.9. The fraction of sp³-hybridized carbons (Fsp3) is 0.778. The average Bonchev–Trinajstić information content (AvgIpc) is 2.54. The highest BCUT2D eigenvalue weighted by atomic mass is 16.5. The summed E-state index contributed by atoms with van der Waals surface area (Å²) in [5.41, 5.74) is 0.984. The molecule has 0 heterocycles. The van der Waals surface area contributed by atoms with Crippen molar-refractivity contribution < 1.29 is 9.53 Å². The molecule has 2 fully saturated rings. The molecule has 22 heavy (non-hydrogen) atoms. The second-order valence-corrected chi connectivity index (χ2v) is 6.76. The quantitative estimate of drug-likeness (QED) is 0.810. The molecule has 0 unspecified atom stereocenters. The highest BCUT2D eigenvalue weighted by Gasteiger charge is 2.26. The zero-order valence-electron chi connectivity index (χ0n) is 13.8. The molecule has 2 aliphatic carbocycles. The van der Waals surface area contributed by atoms with Crippen molar-refractivity contribution in [1.82, 2.24) is 5.32 Å². The summed E-state index contributed by atoms with van der Waals surface area (Å²) in [6, 6.07) is 2.77. The lowest BCUT2D eigenvalue weighted by Gasteiger charge is -2.30. The van der Waals surface area contributed by atoms with Gasteiger partial charge in [0.15, 0.2) is 0 Å². The molecule has 2 rings (SSSR count). The summed E-state index contributed by atoms with van der Waals surface area (Å²) in [4.78, 5) is 11.1. The van der Waals surface area contributed by atoms with Gasteiger partial charge in [0, 0.05) is 25.6 Å². The van der Waals surface area contributed by atoms with Gasteiger partial charge in [0.1, 0.15) is 0 Å². The molecule has 1 N–H and O–H groups in total. The molecule has 122 valence electrons. The van der Waals surface area contributed by atoms with E-state index in [1.807, 2.05) is 0 Å². The molecule has 0 spiro atoms. The fourth-order valence-corrected chi connectivity index (χ4v) is 3.85. The van der Waals surface area contributed by atoms with Gasteiger partial charge in [-0.15, -0.1) is 0 Å². The SMILES string of the molecule is COC1CCC(/C(C#N)=C\C2CCC(NC(C)=O)CC2)CC1. The van der Waals surface area contributed by atoms with Crippen molar-refractivity contribution in [3.8, 4) is 6.07 Å². The average molecular weight is 304 g/mol. The van der Waals surface area contributed by atoms with Gasteiger partial charge in [0.2, 0.25) is 5.91 Å². The number of amides is 1. The van der Waals surface area contributed by atoms with Crippen molar-refractivity contribution in [3.05, 3.63) is 11.6 Å². The summed E-state index contributed by atoms with van der Waals surface area (Å²) < 4.78 is 5.41. The number of hydrogen-bond acceptors (Lipinski definition) is 3. The van der Waals surface area contributed by atoms with Crippen molar-refractivity contribution >= 4 is 5.91 Å². The van der Waals surface area contributed by atoms with Crippen LogP contribution in [0.1, 0.15) is 58.3 Å². The largest absolute Gasteiger partial charge is 0.381 e. The van der Waals surface area contributed by atoms with Gasteiger partial charge in [-0.25, -0.2) is 0 Å². The topological polar surface area (TPSA) is 62.1 Å². The number of hydrogen-bond donors (Lipinski definition) is 1. The molecule has 0 atom stereocenters. The maximum Gasteiger partial charge on any atom is 0.217 e. The number of nitrogens with zero attached hydrogens (tertiary/aromatic N) is 1. The standard InChI is InChI=1S/C18H28N2O2/c1-13(21)20-17-7-3-14(4-8-17)11-16(12-19)15-5-9-18(22-2)10-6-15/h11,14-15,17-18H,3-10H2,1-2H3,(H,20,21)/b16-11-. The van der Waals surface area contributed by atoms with Crippen molar-refractivity contribution in [1.29, 1.82) is 5.26 Å². The smallest absolute Gasteiger partial charge is 0.217 e. The summed E-state index contributed by atoms with van der Waals surface area (Å²) in [5.74, 6) is 0.982. The number of methoxy groups -OCH3 is 1. The van der Waals surface area contributed by atoms with Crippen LogP contribution in [0.4, 0.5) is 0 Å². The summed E-state index contributed by atoms with van der Waals surface area (Å²) in [5, 5.41) is 12.5. The van der Waals surface area contributed by atoms with E-state index in [0.717, 1.165) is 56.9 Å². The summed E-state index contributed by atoms with van der Waals surface area (Å²) in [6.07, 6.45) is 11.1. The van der Waals surface area contributed by atoms with E-state index in [0.29, 0.717) is 24.0 Å². The van der Waals surface area contributed by atoms with Crippen LogP contribution < -0.4 is 5.32 Å². The van der Waals surface area contributed by atoms with E-state index in [1.165, 1.54) is 0 Å². The zero-order valence-corrected chi connectivity index (χ0v) is 13.8. The van der Waals surface area contributed by atoms with Crippen LogP contribution >= 0.6 is 0 Å². The van der Waals surface area contributed by atoms with Gasteiger partial charge in [-0.2, -0.15) is 5.26 Å². The number of carbonyl (C=O) groups excluding carboxylic acids is 1. The highest BCUT2D eigenvalue weighted by Crippen LogP contribution is 2.33. The number of nitriles is 1. The molecule has 0 aromatic heterocycles. The van der Waals surface area contributed by atoms with Crippen molar-refractivity contribution in [3.63, 3.8) is 0 Å². The minimum absolute atomic E-state index is 0.0617. The van der Waals surface area contributed by atoms with Crippen molar-refractivity contribution in [2.75, 3.05) is 7.11 Å². The monoisotopic (exact) mass is 304 g/mol. The van der Waals surface area contributed by atoms with E-state index in [4.69, 9.17) is 4.74 Å². The Kier molecular flexibility index (Phi) is 6.45. The lowest BCUT2D eigenvalue weighted by atomic mass is 9.79. The molecule has 0 bridgehead atoms. The van der Waals surface area contributed by atoms with Gasteiger partial charge in [-0.3, -0.25) is 4.79 Å². The highest BCUT2D eigenvalue weighted by molar-refractivity contribution is 5.73. The van der Waals surface area contributed by atoms with Gasteiger partial charge >= 0.3 is 0 Å². The number of ether oxygens (including phenoxy) is 1. The van der Waals surface area contributed by atoms with Crippen LogP contribution in [-0.4, -0.2) is 25.2 Å². The molecule has 2 saturated carbocycles. The Labute approximate surface area is 133 Å². The molecule has 0 radical (unpaired) electrons. The maximum absolute atomic E-state index is 11.1. The molecule has 4 heteroatoms. The Bertz CT molecular complexity index is 436. The predicted molar refractivity (Wildman–Crippen MR) is 86.0 cm³/mol. The maximum atomic E-state index is 11.1. The molecule has 4 nitrogen and oxygen atoms in total. The van der Waals surface area contributed by atoms with Crippen LogP contribution in [0.2, 0.25) is 0 Å². The minimum atomic E-state index is 0.0617. The lowest BCUT2D eigenvalue weighted by molar-refractivity contribution is -0.119. The lowest BCUT2D eigenvalue weighted by Crippen LogP contribution is -2.36. The van der Waals surface area contributed by atoms with Crippen LogP contribution in [0.15, 0.2) is 11.6 Å². The van der Waals surface area contributed by atoms with E-state index in [-0.39, 0.29) is 5.91 Å². The molecule has 0 aliphatic heterocycles. The molecular formula is C18H28N2O2. The second-order valence-electron chi connectivity index (χ2n) is 6.76. The Morgan fingerprint density at radius 3 is 2.27 bits per heavy atom. The van der Waals surface area contributed by atoms with Crippen LogP contribution in [0, 0.1) is 23.2 Å². The van der Waals surface area contributed by atoms with E-state index in [2.05, 4.69) is 17.5 Å². The predicted octanol–water partition coefficient (Wildman–Crippen LogP) is 3.34. The number of rotatable bonds is 4. The van der Waals surface area contributed by atoms with Crippen molar-refractivity contribution in [2.24, 2.45) is 11.8 Å². The third-order valence-corrected chi connectivity index (χ3v) is 5.17. The third kappa shape index (κ3) is 4.84. The first-order chi connectivity index (χ1) is 10.6. The Hall–Kier alpha value is -1.34. The number of allylic oxidation sites excluding steroid dienone is 2. The van der Waals surface area contributed by atoms with Gasteiger partial charge < -0.3 is 10.1 Å². The molecule has 0 saturated heterocycles. The minimum Gasteiger partial charge on any atom is -0.381 e. The van der Waals surface area contributed by atoms with Gasteiger partial charge in [-0.1, -0.05) is 6.08 Å². The normalized spacial score (nSPS) is 33.0. The third-order valence-electron chi connectivity index (χ3n) is 5.17. The van der Waals surface area contributed by atoms with Gasteiger partial charge in [-0.05, 0) is 63.2 Å². The molecular weight excluding hydrogens is 276 g/mol. The Balaban J connectivity index is 1.85. The van der Waals surface area contributed by atoms with E-state index < -0.39 is 0 Å². The first kappa shape index (κ1) is 17.0. The molecule has 0 aromatic carbocycles. The number of carbonyl (C=O) groups is 1.